The fourth-order valence-electron chi connectivity index (χ4n) is 2.90. The first kappa shape index (κ1) is 18.5. The predicted molar refractivity (Wildman–Crippen MR) is 106 cm³/mol. The molecule has 26 heavy (non-hydrogen) atoms. The summed E-state index contributed by atoms with van der Waals surface area (Å²) in [5.74, 6) is -0.749. The Bertz CT molecular complexity index is 837. The van der Waals surface area contributed by atoms with Gasteiger partial charge in [0.15, 0.2) is 0 Å². The average Bonchev–Trinajstić information content (AvgIpc) is 3.01. The van der Waals surface area contributed by atoms with Gasteiger partial charge < -0.3 is 15.1 Å². The number of nitrogens with one attached hydrogen (secondary N) is 1. The second-order valence-electron chi connectivity index (χ2n) is 6.41. The zero-order valence-corrected chi connectivity index (χ0v) is 16.0. The van der Waals surface area contributed by atoms with E-state index in [1.165, 1.54) is 0 Å². The van der Waals surface area contributed by atoms with Crippen molar-refractivity contribution in [1.82, 2.24) is 0 Å². The highest BCUT2D eigenvalue weighted by molar-refractivity contribution is 6.44. The molecule has 5 nitrogen and oxygen atoms in total. The Kier molecular flexibility index (Phi) is 5.39. The lowest BCUT2D eigenvalue weighted by atomic mass is 10.1. The highest BCUT2D eigenvalue weighted by atomic mass is 35.5. The SMILES string of the molecule is CN(C)c1ccc(N2CC(C(=O)Nc3cccc(Cl)c3Cl)CC2=O)cc1. The number of anilines is 3. The molecule has 1 unspecified atom stereocenters. The summed E-state index contributed by atoms with van der Waals surface area (Å²) in [6.07, 6.45) is 0.166. The molecule has 3 rings (SSSR count). The van der Waals surface area contributed by atoms with Gasteiger partial charge in [-0.1, -0.05) is 29.3 Å². The molecule has 0 bridgehead atoms. The number of halogens is 2. The van der Waals surface area contributed by atoms with Crippen LogP contribution in [0.25, 0.3) is 0 Å². The van der Waals surface area contributed by atoms with Gasteiger partial charge in [0.2, 0.25) is 11.8 Å². The maximum atomic E-state index is 12.5. The summed E-state index contributed by atoms with van der Waals surface area (Å²) in [7, 11) is 3.91. The zero-order valence-electron chi connectivity index (χ0n) is 14.5. The summed E-state index contributed by atoms with van der Waals surface area (Å²) >= 11 is 12.1. The third-order valence-electron chi connectivity index (χ3n) is 4.38. The maximum absolute atomic E-state index is 12.5. The Morgan fingerprint density at radius 2 is 1.85 bits per heavy atom. The topological polar surface area (TPSA) is 52.6 Å². The molecule has 2 amide bonds. The van der Waals surface area contributed by atoms with E-state index in [0.29, 0.717) is 22.3 Å². The molecule has 0 saturated carbocycles. The van der Waals surface area contributed by atoms with E-state index < -0.39 is 5.92 Å². The van der Waals surface area contributed by atoms with Gasteiger partial charge in [-0.3, -0.25) is 9.59 Å². The van der Waals surface area contributed by atoms with E-state index in [9.17, 15) is 9.59 Å². The lowest BCUT2D eigenvalue weighted by Gasteiger charge is -2.19. The molecule has 1 N–H and O–H groups in total. The fraction of sp³-hybridized carbons (Fsp3) is 0.263. The molecule has 0 radical (unpaired) electrons. The smallest absolute Gasteiger partial charge is 0.229 e. The van der Waals surface area contributed by atoms with Crippen LogP contribution in [0.15, 0.2) is 42.5 Å². The van der Waals surface area contributed by atoms with E-state index in [0.717, 1.165) is 11.4 Å². The van der Waals surface area contributed by atoms with Crippen molar-refractivity contribution in [3.05, 3.63) is 52.5 Å². The number of hydrogen-bond donors (Lipinski definition) is 1. The summed E-state index contributed by atoms with van der Waals surface area (Å²) in [4.78, 5) is 28.5. The molecule has 7 heteroatoms. The first-order valence-electron chi connectivity index (χ1n) is 8.19. The monoisotopic (exact) mass is 391 g/mol. The van der Waals surface area contributed by atoms with E-state index >= 15 is 0 Å². The zero-order chi connectivity index (χ0) is 18.8. The second kappa shape index (κ2) is 7.56. The fourth-order valence-corrected chi connectivity index (χ4v) is 3.25. The van der Waals surface area contributed by atoms with Crippen LogP contribution < -0.4 is 15.1 Å². The first-order chi connectivity index (χ1) is 12.4. The lowest BCUT2D eigenvalue weighted by Crippen LogP contribution is -2.28. The van der Waals surface area contributed by atoms with Gasteiger partial charge in [0.05, 0.1) is 21.7 Å². The van der Waals surface area contributed by atoms with Crippen LogP contribution in [0.3, 0.4) is 0 Å². The molecule has 0 aromatic heterocycles. The Morgan fingerprint density at radius 1 is 1.15 bits per heavy atom. The van der Waals surface area contributed by atoms with E-state index in [1.54, 1.807) is 23.1 Å². The van der Waals surface area contributed by atoms with Crippen LogP contribution in [0.4, 0.5) is 17.1 Å². The van der Waals surface area contributed by atoms with Crippen LogP contribution in [0.1, 0.15) is 6.42 Å². The van der Waals surface area contributed by atoms with Crippen LogP contribution in [0.2, 0.25) is 10.0 Å². The van der Waals surface area contributed by atoms with Gasteiger partial charge in [0.1, 0.15) is 0 Å². The van der Waals surface area contributed by atoms with Crippen molar-refractivity contribution < 1.29 is 9.59 Å². The van der Waals surface area contributed by atoms with Crippen molar-refractivity contribution in [2.75, 3.05) is 35.8 Å². The number of hydrogen-bond acceptors (Lipinski definition) is 3. The van der Waals surface area contributed by atoms with Crippen LogP contribution in [0.5, 0.6) is 0 Å². The Labute approximate surface area is 162 Å². The van der Waals surface area contributed by atoms with E-state index in [2.05, 4.69) is 5.32 Å². The van der Waals surface area contributed by atoms with Gasteiger partial charge in [-0.05, 0) is 36.4 Å². The van der Waals surface area contributed by atoms with Crippen molar-refractivity contribution in [2.24, 2.45) is 5.92 Å². The van der Waals surface area contributed by atoms with Crippen molar-refractivity contribution >= 4 is 52.1 Å². The van der Waals surface area contributed by atoms with Crippen molar-refractivity contribution in [3.63, 3.8) is 0 Å². The van der Waals surface area contributed by atoms with Gasteiger partial charge in [-0.15, -0.1) is 0 Å². The Morgan fingerprint density at radius 3 is 2.50 bits per heavy atom. The standard InChI is InChI=1S/C19H19Cl2N3O2/c1-23(2)13-6-8-14(9-7-13)24-11-12(10-17(24)25)19(26)22-16-5-3-4-15(20)18(16)21/h3-9,12H,10-11H2,1-2H3,(H,22,26). The van der Waals surface area contributed by atoms with E-state index in [4.69, 9.17) is 23.2 Å². The number of rotatable bonds is 4. The summed E-state index contributed by atoms with van der Waals surface area (Å²) in [6.45, 7) is 0.337. The third kappa shape index (κ3) is 3.79. The van der Waals surface area contributed by atoms with E-state index in [-0.39, 0.29) is 18.2 Å². The van der Waals surface area contributed by atoms with Gasteiger partial charge in [0, 0.05) is 38.4 Å². The highest BCUT2D eigenvalue weighted by Crippen LogP contribution is 2.31. The minimum absolute atomic E-state index is 0.0695. The quantitative estimate of drug-likeness (QED) is 0.854. The van der Waals surface area contributed by atoms with Gasteiger partial charge in [-0.25, -0.2) is 0 Å². The number of carbonyl (C=O) groups excluding carboxylic acids is 2. The number of nitrogens with zero attached hydrogens (tertiary/aromatic N) is 2. The molecule has 1 aliphatic rings. The van der Waals surface area contributed by atoms with Crippen molar-refractivity contribution in [3.8, 4) is 0 Å². The normalized spacial score (nSPS) is 16.7. The molecule has 1 fully saturated rings. The molecule has 136 valence electrons. The molecule has 1 saturated heterocycles. The van der Waals surface area contributed by atoms with Crippen LogP contribution >= 0.6 is 23.2 Å². The number of benzene rings is 2. The van der Waals surface area contributed by atoms with Crippen molar-refractivity contribution in [2.45, 2.75) is 6.42 Å². The van der Waals surface area contributed by atoms with Crippen LogP contribution in [-0.2, 0) is 9.59 Å². The molecule has 1 heterocycles. The average molecular weight is 392 g/mol. The summed E-state index contributed by atoms with van der Waals surface area (Å²) < 4.78 is 0. The van der Waals surface area contributed by atoms with E-state index in [1.807, 2.05) is 43.3 Å². The molecule has 2 aromatic rings. The lowest BCUT2D eigenvalue weighted by molar-refractivity contribution is -0.122. The molecule has 0 aliphatic carbocycles. The predicted octanol–water partition coefficient (Wildman–Crippen LogP) is 4.05. The summed E-state index contributed by atoms with van der Waals surface area (Å²) in [5, 5.41) is 3.43. The third-order valence-corrected chi connectivity index (χ3v) is 5.20. The largest absolute Gasteiger partial charge is 0.378 e. The Balaban J connectivity index is 1.70. The van der Waals surface area contributed by atoms with Crippen LogP contribution in [-0.4, -0.2) is 32.5 Å². The number of carbonyl (C=O) groups is 2. The molecule has 1 atom stereocenters. The number of amides is 2. The summed E-state index contributed by atoms with van der Waals surface area (Å²) in [5.41, 5.74) is 2.28. The maximum Gasteiger partial charge on any atom is 0.229 e. The molecular formula is C19H19Cl2N3O2. The first-order valence-corrected chi connectivity index (χ1v) is 8.95. The van der Waals surface area contributed by atoms with Crippen LogP contribution in [0, 0.1) is 5.92 Å². The minimum Gasteiger partial charge on any atom is -0.378 e. The Hall–Kier alpha value is -2.24. The van der Waals surface area contributed by atoms with Gasteiger partial charge in [-0.2, -0.15) is 0 Å². The highest BCUT2D eigenvalue weighted by Gasteiger charge is 2.35. The van der Waals surface area contributed by atoms with Crippen molar-refractivity contribution in [1.29, 1.82) is 0 Å². The molecule has 1 aliphatic heterocycles. The molecule has 2 aromatic carbocycles. The van der Waals surface area contributed by atoms with Gasteiger partial charge >= 0.3 is 0 Å². The summed E-state index contributed by atoms with van der Waals surface area (Å²) in [6, 6.07) is 12.7. The molecule has 0 spiro atoms. The second-order valence-corrected chi connectivity index (χ2v) is 7.19. The van der Waals surface area contributed by atoms with Gasteiger partial charge in [0.25, 0.3) is 0 Å². The molecular weight excluding hydrogens is 373 g/mol. The minimum atomic E-state index is -0.439.